The minimum absolute atomic E-state index is 0.300. The van der Waals surface area contributed by atoms with Crippen molar-refractivity contribution in [1.29, 1.82) is 0 Å². The summed E-state index contributed by atoms with van der Waals surface area (Å²) in [4.78, 5) is 11.1. The lowest BCUT2D eigenvalue weighted by Crippen LogP contribution is -1.97. The zero-order valence-corrected chi connectivity index (χ0v) is 10.9. The number of rotatable bonds is 2. The third kappa shape index (κ3) is 5.73. The predicted octanol–water partition coefficient (Wildman–Crippen LogP) is 4.84. The molecule has 0 spiro atoms. The third-order valence-corrected chi connectivity index (χ3v) is 2.73. The average molecular weight is 306 g/mol. The Morgan fingerprint density at radius 2 is 2.00 bits per heavy atom. The molecule has 0 aromatic heterocycles. The van der Waals surface area contributed by atoms with E-state index in [-0.39, 0.29) is 0 Å². The number of alkyl halides is 3. The number of hydrogen-bond donors (Lipinski definition) is 0. The van der Waals surface area contributed by atoms with Crippen molar-refractivity contribution in [1.82, 2.24) is 0 Å². The molecule has 0 unspecified atom stereocenters. The summed E-state index contributed by atoms with van der Waals surface area (Å²) < 4.78 is 3.20. The van der Waals surface area contributed by atoms with Crippen LogP contribution in [0.15, 0.2) is 29.2 Å². The van der Waals surface area contributed by atoms with Gasteiger partial charge >= 0.3 is 5.43 Å². The molecule has 1 aromatic carbocycles. The van der Waals surface area contributed by atoms with Crippen molar-refractivity contribution in [2.45, 2.75) is 8.02 Å². The molecule has 0 aliphatic heterocycles. The first-order chi connectivity index (χ1) is 6.87. The maximum Gasteiger partial charge on any atom is 0.409 e. The summed E-state index contributed by atoms with van der Waals surface area (Å²) in [7, 11) is 0. The van der Waals surface area contributed by atoms with Gasteiger partial charge in [0.05, 0.1) is 0 Å². The maximum atomic E-state index is 10.5. The highest BCUT2D eigenvalue weighted by Crippen LogP contribution is 2.44. The Bertz CT molecular complexity index is 364. The molecular weight excluding hydrogens is 302 g/mol. The molecule has 0 saturated heterocycles. The van der Waals surface area contributed by atoms with E-state index in [0.29, 0.717) is 10.6 Å². The fourth-order valence-electron chi connectivity index (χ4n) is 0.827. The molecular formula is C8H4Cl4O2S. The summed E-state index contributed by atoms with van der Waals surface area (Å²) in [6, 6.07) is 6.50. The molecule has 7 heteroatoms. The van der Waals surface area contributed by atoms with E-state index in [4.69, 9.17) is 46.4 Å². The Labute approximate surface area is 111 Å². The number of hydrogen-bond acceptors (Lipinski definition) is 3. The second kappa shape index (κ2) is 5.51. The van der Waals surface area contributed by atoms with Crippen molar-refractivity contribution < 1.29 is 9.53 Å². The number of carbonyl (C=O) groups is 1. The largest absolute Gasteiger partial charge is 0.414 e. The fraction of sp³-hybridized carbons (Fsp3) is 0.125. The molecule has 1 aromatic rings. The van der Waals surface area contributed by atoms with E-state index in [1.165, 1.54) is 0 Å². The Morgan fingerprint density at radius 3 is 2.53 bits per heavy atom. The van der Waals surface area contributed by atoms with Gasteiger partial charge in [-0.3, -0.25) is 0 Å². The van der Waals surface area contributed by atoms with Crippen molar-refractivity contribution in [2.75, 3.05) is 0 Å². The van der Waals surface area contributed by atoms with Crippen LogP contribution in [0, 0.1) is 0 Å². The molecule has 15 heavy (non-hydrogen) atoms. The molecule has 0 saturated carbocycles. The number of benzene rings is 1. The van der Waals surface area contributed by atoms with Crippen LogP contribution in [0.4, 0.5) is 4.79 Å². The van der Waals surface area contributed by atoms with E-state index in [0.717, 1.165) is 11.8 Å². The lowest BCUT2D eigenvalue weighted by molar-refractivity contribution is 0.225. The highest BCUT2D eigenvalue weighted by Gasteiger charge is 2.21. The smallest absolute Gasteiger partial charge is 0.409 e. The van der Waals surface area contributed by atoms with Gasteiger partial charge in [0.2, 0.25) is 3.12 Å². The van der Waals surface area contributed by atoms with E-state index in [9.17, 15) is 4.79 Å². The molecule has 1 rings (SSSR count). The predicted molar refractivity (Wildman–Crippen MR) is 64.5 cm³/mol. The van der Waals surface area contributed by atoms with E-state index in [1.54, 1.807) is 24.3 Å². The lowest BCUT2D eigenvalue weighted by atomic mass is 10.3. The van der Waals surface area contributed by atoms with Crippen molar-refractivity contribution >= 4 is 63.6 Å². The Balaban J connectivity index is 2.79. The van der Waals surface area contributed by atoms with Gasteiger partial charge in [0.1, 0.15) is 5.75 Å². The van der Waals surface area contributed by atoms with Gasteiger partial charge in [-0.15, -0.1) is 0 Å². The van der Waals surface area contributed by atoms with Crippen LogP contribution in [0.3, 0.4) is 0 Å². The summed E-state index contributed by atoms with van der Waals surface area (Å²) in [5, 5.41) is 0. The summed E-state index contributed by atoms with van der Waals surface area (Å²) in [5.41, 5.74) is -0.911. The highest BCUT2D eigenvalue weighted by molar-refractivity contribution is 8.04. The fourth-order valence-corrected chi connectivity index (χ4v) is 2.31. The first kappa shape index (κ1) is 13.3. The van der Waals surface area contributed by atoms with Crippen molar-refractivity contribution in [2.24, 2.45) is 0 Å². The minimum Gasteiger partial charge on any atom is -0.414 e. The highest BCUT2D eigenvalue weighted by atomic mass is 35.6. The lowest BCUT2D eigenvalue weighted by Gasteiger charge is -2.10. The molecule has 0 N–H and O–H groups in total. The van der Waals surface area contributed by atoms with Gasteiger partial charge in [-0.25, -0.2) is 4.79 Å². The number of ether oxygens (including phenoxy) is 1. The van der Waals surface area contributed by atoms with Crippen molar-refractivity contribution in [3.8, 4) is 5.75 Å². The van der Waals surface area contributed by atoms with Crippen LogP contribution in [-0.4, -0.2) is 8.55 Å². The zero-order chi connectivity index (χ0) is 11.5. The normalized spacial score (nSPS) is 11.2. The number of thioether (sulfide) groups is 1. The van der Waals surface area contributed by atoms with Crippen LogP contribution in [0.1, 0.15) is 0 Å². The van der Waals surface area contributed by atoms with Gasteiger partial charge in [0.15, 0.2) is 0 Å². The zero-order valence-electron chi connectivity index (χ0n) is 7.05. The SMILES string of the molecule is O=C(Cl)Oc1cccc(SC(Cl)(Cl)Cl)c1. The maximum absolute atomic E-state index is 10.5. The molecule has 2 nitrogen and oxygen atoms in total. The van der Waals surface area contributed by atoms with Gasteiger partial charge in [0, 0.05) is 16.5 Å². The molecule has 0 bridgehead atoms. The number of carbonyl (C=O) groups excluding carboxylic acids is 1. The summed E-state index contributed by atoms with van der Waals surface area (Å²) in [6.45, 7) is 0. The molecule has 0 aliphatic carbocycles. The summed E-state index contributed by atoms with van der Waals surface area (Å²) >= 11 is 22.8. The van der Waals surface area contributed by atoms with Gasteiger partial charge < -0.3 is 4.74 Å². The van der Waals surface area contributed by atoms with Crippen molar-refractivity contribution in [3.05, 3.63) is 24.3 Å². The van der Waals surface area contributed by atoms with E-state index < -0.39 is 8.55 Å². The van der Waals surface area contributed by atoms with Crippen LogP contribution in [0.5, 0.6) is 5.75 Å². The second-order valence-electron chi connectivity index (χ2n) is 2.36. The first-order valence-electron chi connectivity index (χ1n) is 3.60. The first-order valence-corrected chi connectivity index (χ1v) is 5.93. The standard InChI is InChI=1S/C8H4Cl4O2S/c9-7(13)14-5-2-1-3-6(4-5)15-8(10,11)12/h1-4H. The van der Waals surface area contributed by atoms with Gasteiger partial charge in [0.25, 0.3) is 0 Å². The Morgan fingerprint density at radius 1 is 1.33 bits per heavy atom. The van der Waals surface area contributed by atoms with Gasteiger partial charge in [-0.1, -0.05) is 52.6 Å². The van der Waals surface area contributed by atoms with E-state index in [1.807, 2.05) is 0 Å². The van der Waals surface area contributed by atoms with Crippen molar-refractivity contribution in [3.63, 3.8) is 0 Å². The molecule has 0 atom stereocenters. The monoisotopic (exact) mass is 304 g/mol. The van der Waals surface area contributed by atoms with Crippen LogP contribution >= 0.6 is 58.2 Å². The quantitative estimate of drug-likeness (QED) is 0.444. The summed E-state index contributed by atoms with van der Waals surface area (Å²) in [6.07, 6.45) is 0. The third-order valence-electron chi connectivity index (χ3n) is 1.24. The van der Waals surface area contributed by atoms with Crippen LogP contribution < -0.4 is 4.74 Å². The molecule has 0 amide bonds. The van der Waals surface area contributed by atoms with E-state index in [2.05, 4.69) is 4.74 Å². The van der Waals surface area contributed by atoms with Crippen LogP contribution in [-0.2, 0) is 0 Å². The van der Waals surface area contributed by atoms with Gasteiger partial charge in [-0.2, -0.15) is 0 Å². The Kier molecular flexibility index (Phi) is 4.87. The van der Waals surface area contributed by atoms with Crippen LogP contribution in [0.25, 0.3) is 0 Å². The molecule has 0 fully saturated rings. The number of halogens is 4. The average Bonchev–Trinajstić information content (AvgIpc) is 1.99. The Hall–Kier alpha value is 0.200. The topological polar surface area (TPSA) is 26.3 Å². The molecule has 0 radical (unpaired) electrons. The second-order valence-corrected chi connectivity index (χ2v) is 6.91. The molecule has 0 aliphatic rings. The minimum atomic E-state index is -1.45. The summed E-state index contributed by atoms with van der Waals surface area (Å²) in [5.74, 6) is 0.300. The molecule has 0 heterocycles. The van der Waals surface area contributed by atoms with E-state index >= 15 is 0 Å². The van der Waals surface area contributed by atoms with Gasteiger partial charge in [-0.05, 0) is 18.2 Å². The van der Waals surface area contributed by atoms with Crippen LogP contribution in [0.2, 0.25) is 0 Å². The molecule has 82 valence electrons.